The summed E-state index contributed by atoms with van der Waals surface area (Å²) >= 11 is 0. The molecule has 2 nitrogen and oxygen atoms in total. The van der Waals surface area contributed by atoms with Crippen molar-refractivity contribution in [3.8, 4) is 0 Å². The number of rotatable bonds is 10. The molecule has 0 saturated heterocycles. The molecule has 0 fully saturated rings. The van der Waals surface area contributed by atoms with E-state index >= 15 is 0 Å². The highest BCUT2D eigenvalue weighted by Crippen LogP contribution is 2.10. The molecule has 1 N–H and O–H groups in total. The monoisotopic (exact) mass is 240 g/mol. The molecule has 0 aliphatic rings. The Morgan fingerprint density at radius 3 is 2.47 bits per heavy atom. The van der Waals surface area contributed by atoms with Crippen LogP contribution in [0.15, 0.2) is 11.6 Å². The van der Waals surface area contributed by atoms with Gasteiger partial charge in [-0.15, -0.1) is 0 Å². The molecule has 0 aromatic rings. The van der Waals surface area contributed by atoms with Crippen molar-refractivity contribution in [2.75, 3.05) is 33.7 Å². The van der Waals surface area contributed by atoms with Crippen LogP contribution in [0.1, 0.15) is 46.5 Å². The minimum atomic E-state index is 0.840. The Morgan fingerprint density at radius 1 is 1.18 bits per heavy atom. The lowest BCUT2D eigenvalue weighted by molar-refractivity contribution is 0.390. The van der Waals surface area contributed by atoms with Crippen molar-refractivity contribution in [1.29, 1.82) is 0 Å². The Morgan fingerprint density at radius 2 is 1.88 bits per heavy atom. The average molecular weight is 240 g/mol. The number of hydrogen-bond donors (Lipinski definition) is 1. The first-order valence-corrected chi connectivity index (χ1v) is 7.01. The fraction of sp³-hybridized carbons (Fsp3) is 0.867. The second-order valence-corrected chi connectivity index (χ2v) is 5.66. The fourth-order valence-electron chi connectivity index (χ4n) is 1.79. The Hall–Kier alpha value is -0.340. The van der Waals surface area contributed by atoms with Gasteiger partial charge >= 0.3 is 0 Å². The average Bonchev–Trinajstić information content (AvgIpc) is 2.22. The second kappa shape index (κ2) is 10.8. The highest BCUT2D eigenvalue weighted by Gasteiger charge is 2.00. The van der Waals surface area contributed by atoms with Crippen molar-refractivity contribution in [3.05, 3.63) is 11.6 Å². The maximum Gasteiger partial charge on any atom is -0.00127 e. The number of nitrogens with one attached hydrogen (secondary N) is 1. The summed E-state index contributed by atoms with van der Waals surface area (Å²) in [4.78, 5) is 2.24. The maximum atomic E-state index is 3.53. The minimum absolute atomic E-state index is 0.840. The summed E-state index contributed by atoms with van der Waals surface area (Å²) < 4.78 is 0. The molecule has 0 unspecified atom stereocenters. The molecule has 0 rings (SSSR count). The predicted octanol–water partition coefficient (Wildman–Crippen LogP) is 3.30. The zero-order chi connectivity index (χ0) is 13.1. The fourth-order valence-corrected chi connectivity index (χ4v) is 1.79. The topological polar surface area (TPSA) is 15.3 Å². The van der Waals surface area contributed by atoms with Crippen molar-refractivity contribution in [1.82, 2.24) is 10.2 Å². The lowest BCUT2D eigenvalue weighted by Gasteiger charge is -2.12. The number of nitrogens with zero attached hydrogens (tertiary/aromatic N) is 1. The molecular weight excluding hydrogens is 208 g/mol. The van der Waals surface area contributed by atoms with E-state index in [0.717, 1.165) is 12.5 Å². The van der Waals surface area contributed by atoms with Gasteiger partial charge in [0.2, 0.25) is 0 Å². The molecule has 2 heteroatoms. The van der Waals surface area contributed by atoms with Gasteiger partial charge in [0.15, 0.2) is 0 Å². The summed E-state index contributed by atoms with van der Waals surface area (Å²) in [5, 5.41) is 3.53. The smallest absolute Gasteiger partial charge is 0.00127 e. The van der Waals surface area contributed by atoms with Crippen LogP contribution >= 0.6 is 0 Å². The van der Waals surface area contributed by atoms with Crippen LogP contribution in [-0.4, -0.2) is 38.6 Å². The van der Waals surface area contributed by atoms with Crippen LogP contribution < -0.4 is 5.32 Å². The second-order valence-electron chi connectivity index (χ2n) is 5.66. The first kappa shape index (κ1) is 16.7. The largest absolute Gasteiger partial charge is 0.317 e. The predicted molar refractivity (Wildman–Crippen MR) is 78.5 cm³/mol. The third-order valence-corrected chi connectivity index (χ3v) is 2.98. The minimum Gasteiger partial charge on any atom is -0.317 e. The molecule has 0 bridgehead atoms. The molecule has 0 aromatic carbocycles. The van der Waals surface area contributed by atoms with E-state index in [1.54, 1.807) is 0 Å². The van der Waals surface area contributed by atoms with Crippen molar-refractivity contribution in [2.24, 2.45) is 5.92 Å². The van der Waals surface area contributed by atoms with Crippen molar-refractivity contribution < 1.29 is 0 Å². The molecule has 0 radical (unpaired) electrons. The van der Waals surface area contributed by atoms with Crippen molar-refractivity contribution in [3.63, 3.8) is 0 Å². The summed E-state index contributed by atoms with van der Waals surface area (Å²) in [7, 11) is 4.26. The van der Waals surface area contributed by atoms with Crippen LogP contribution in [-0.2, 0) is 0 Å². The van der Waals surface area contributed by atoms with Gasteiger partial charge in [-0.05, 0) is 79.2 Å². The van der Waals surface area contributed by atoms with Gasteiger partial charge in [0.25, 0.3) is 0 Å². The third-order valence-electron chi connectivity index (χ3n) is 2.98. The molecule has 17 heavy (non-hydrogen) atoms. The van der Waals surface area contributed by atoms with E-state index in [0.29, 0.717) is 0 Å². The van der Waals surface area contributed by atoms with Crippen LogP contribution in [0.25, 0.3) is 0 Å². The van der Waals surface area contributed by atoms with Gasteiger partial charge in [-0.1, -0.05) is 18.6 Å². The molecule has 0 aliphatic heterocycles. The maximum absolute atomic E-state index is 3.53. The summed E-state index contributed by atoms with van der Waals surface area (Å²) in [5.41, 5.74) is 1.44. The zero-order valence-electron chi connectivity index (χ0n) is 12.6. The molecule has 0 aliphatic carbocycles. The van der Waals surface area contributed by atoms with Crippen LogP contribution in [0.3, 0.4) is 0 Å². The van der Waals surface area contributed by atoms with E-state index in [2.05, 4.69) is 51.2 Å². The first-order chi connectivity index (χ1) is 8.02. The zero-order valence-corrected chi connectivity index (χ0v) is 12.6. The molecule has 0 aromatic heterocycles. The standard InChI is InChI=1S/C15H32N2/c1-14(2)8-6-9-15(3)10-12-16-11-7-13-17(4)5/h8,15-16H,6-7,9-13H2,1-5H3/t15-/m1/s1. The van der Waals surface area contributed by atoms with Crippen LogP contribution in [0, 0.1) is 5.92 Å². The molecule has 0 heterocycles. The summed E-state index contributed by atoms with van der Waals surface area (Å²) in [6.45, 7) is 10.2. The molecule has 102 valence electrons. The van der Waals surface area contributed by atoms with E-state index in [1.807, 2.05) is 0 Å². The summed E-state index contributed by atoms with van der Waals surface area (Å²) in [5.74, 6) is 0.840. The highest BCUT2D eigenvalue weighted by atomic mass is 15.0. The highest BCUT2D eigenvalue weighted by molar-refractivity contribution is 4.92. The van der Waals surface area contributed by atoms with E-state index in [9.17, 15) is 0 Å². The van der Waals surface area contributed by atoms with Gasteiger partial charge in [-0.25, -0.2) is 0 Å². The Kier molecular flexibility index (Phi) is 10.6. The third kappa shape index (κ3) is 13.6. The van der Waals surface area contributed by atoms with Crippen LogP contribution in [0.2, 0.25) is 0 Å². The van der Waals surface area contributed by atoms with Crippen molar-refractivity contribution in [2.45, 2.75) is 46.5 Å². The SMILES string of the molecule is CC(C)=CCC[C@@H](C)CCNCCCN(C)C. The normalized spacial score (nSPS) is 12.8. The molecule has 0 spiro atoms. The van der Waals surface area contributed by atoms with Crippen LogP contribution in [0.5, 0.6) is 0 Å². The van der Waals surface area contributed by atoms with E-state index < -0.39 is 0 Å². The molecule has 0 saturated carbocycles. The lowest BCUT2D eigenvalue weighted by Crippen LogP contribution is -2.23. The van der Waals surface area contributed by atoms with E-state index in [4.69, 9.17) is 0 Å². The number of allylic oxidation sites excluding steroid dienone is 2. The van der Waals surface area contributed by atoms with Crippen molar-refractivity contribution >= 4 is 0 Å². The van der Waals surface area contributed by atoms with Gasteiger partial charge in [0.05, 0.1) is 0 Å². The van der Waals surface area contributed by atoms with Crippen LogP contribution in [0.4, 0.5) is 0 Å². The Bertz CT molecular complexity index is 193. The van der Waals surface area contributed by atoms with E-state index in [-0.39, 0.29) is 0 Å². The van der Waals surface area contributed by atoms with Gasteiger partial charge in [0.1, 0.15) is 0 Å². The van der Waals surface area contributed by atoms with E-state index in [1.165, 1.54) is 44.3 Å². The summed E-state index contributed by atoms with van der Waals surface area (Å²) in [6, 6.07) is 0. The Labute approximate surface area is 108 Å². The molecule has 0 amide bonds. The molecular formula is C15H32N2. The van der Waals surface area contributed by atoms with Gasteiger partial charge in [-0.2, -0.15) is 0 Å². The first-order valence-electron chi connectivity index (χ1n) is 7.01. The lowest BCUT2D eigenvalue weighted by atomic mass is 10.0. The quantitative estimate of drug-likeness (QED) is 0.465. The number of hydrogen-bond acceptors (Lipinski definition) is 2. The van der Waals surface area contributed by atoms with Gasteiger partial charge < -0.3 is 10.2 Å². The Balaban J connectivity index is 3.27. The summed E-state index contributed by atoms with van der Waals surface area (Å²) in [6.07, 6.45) is 7.47. The molecule has 1 atom stereocenters. The van der Waals surface area contributed by atoms with Gasteiger partial charge in [0, 0.05) is 0 Å². The van der Waals surface area contributed by atoms with Gasteiger partial charge in [-0.3, -0.25) is 0 Å².